The van der Waals surface area contributed by atoms with Gasteiger partial charge in [-0.15, -0.1) is 0 Å². The molecular weight excluding hydrogens is 446 g/mol. The number of allylic oxidation sites excluding steroid dienone is 1. The summed E-state index contributed by atoms with van der Waals surface area (Å²) in [5, 5.41) is 9.26. The molecule has 1 spiro atoms. The molecule has 6 heteroatoms. The Kier molecular flexibility index (Phi) is 6.46. The maximum absolute atomic E-state index is 12.8. The van der Waals surface area contributed by atoms with Gasteiger partial charge in [-0.05, 0) is 64.6 Å². The highest BCUT2D eigenvalue weighted by Gasteiger charge is 2.38. The third kappa shape index (κ3) is 4.75. The molecule has 0 amide bonds. The lowest BCUT2D eigenvalue weighted by molar-refractivity contribution is 0.0697. The molecule has 34 heavy (non-hydrogen) atoms. The van der Waals surface area contributed by atoms with Crippen LogP contribution in [0.25, 0.3) is 5.57 Å². The number of fused-ring (bicyclic) bond motifs is 1. The van der Waals surface area contributed by atoms with Gasteiger partial charge in [0, 0.05) is 13.1 Å². The largest absolute Gasteiger partial charge is 0.478 e. The molecule has 5 rings (SSSR count). The average molecular weight is 474 g/mol. The van der Waals surface area contributed by atoms with E-state index < -0.39 is 17.2 Å². The van der Waals surface area contributed by atoms with E-state index in [1.165, 1.54) is 11.1 Å². The van der Waals surface area contributed by atoms with Crippen LogP contribution in [0.1, 0.15) is 45.5 Å². The minimum absolute atomic E-state index is 0.0186. The second-order valence-corrected chi connectivity index (χ2v) is 10.2. The normalized spacial score (nSPS) is 18.2. The van der Waals surface area contributed by atoms with E-state index in [0.717, 1.165) is 36.0 Å². The molecule has 1 unspecified atom stereocenters. The molecule has 1 aliphatic carbocycles. The Morgan fingerprint density at radius 3 is 2.32 bits per heavy atom. The molecule has 0 radical (unpaired) electrons. The maximum Gasteiger partial charge on any atom is 0.335 e. The lowest BCUT2D eigenvalue weighted by Gasteiger charge is -2.42. The zero-order valence-electron chi connectivity index (χ0n) is 18.9. The Hall–Kier alpha value is -3.06. The smallest absolute Gasteiger partial charge is 0.335 e. The van der Waals surface area contributed by atoms with E-state index in [0.29, 0.717) is 19.7 Å². The predicted octanol–water partition coefficient (Wildman–Crippen LogP) is 5.25. The van der Waals surface area contributed by atoms with Gasteiger partial charge >= 0.3 is 5.97 Å². The van der Waals surface area contributed by atoms with E-state index in [2.05, 4.69) is 24.3 Å². The van der Waals surface area contributed by atoms with Gasteiger partial charge in [-0.25, -0.2) is 13.3 Å². The Bertz CT molecular complexity index is 1230. The molecule has 0 bridgehead atoms. The monoisotopic (exact) mass is 473 g/mol. The zero-order valence-corrected chi connectivity index (χ0v) is 19.7. The van der Waals surface area contributed by atoms with Gasteiger partial charge in [-0.3, -0.25) is 4.18 Å². The fourth-order valence-electron chi connectivity index (χ4n) is 4.95. The third-order valence-electron chi connectivity index (χ3n) is 6.84. The Morgan fingerprint density at radius 2 is 1.62 bits per heavy atom. The summed E-state index contributed by atoms with van der Waals surface area (Å²) in [6, 6.07) is 25.4. The minimum atomic E-state index is -1.47. The predicted molar refractivity (Wildman–Crippen MR) is 133 cm³/mol. The van der Waals surface area contributed by atoms with Crippen molar-refractivity contribution in [2.24, 2.45) is 5.41 Å². The third-order valence-corrected chi connectivity index (χ3v) is 7.95. The molecule has 0 saturated carbocycles. The molecule has 2 aliphatic rings. The topological polar surface area (TPSA) is 66.8 Å². The molecule has 0 aromatic heterocycles. The molecule has 1 saturated heterocycles. The first kappa shape index (κ1) is 22.7. The minimum Gasteiger partial charge on any atom is -0.478 e. The van der Waals surface area contributed by atoms with Crippen molar-refractivity contribution in [2.75, 3.05) is 13.1 Å². The van der Waals surface area contributed by atoms with Crippen LogP contribution in [0, 0.1) is 5.41 Å². The van der Waals surface area contributed by atoms with Gasteiger partial charge in [0.05, 0.1) is 12.2 Å². The summed E-state index contributed by atoms with van der Waals surface area (Å²) in [4.78, 5) is 11.3. The van der Waals surface area contributed by atoms with Crippen molar-refractivity contribution in [3.8, 4) is 0 Å². The fraction of sp³-hybridized carbons (Fsp3) is 0.250. The highest BCUT2D eigenvalue weighted by molar-refractivity contribution is 7.77. The molecular formula is C28H27NO4S. The summed E-state index contributed by atoms with van der Waals surface area (Å²) in [5.41, 5.74) is 5.95. The zero-order chi connectivity index (χ0) is 23.5. The summed E-state index contributed by atoms with van der Waals surface area (Å²) >= 11 is -1.47. The number of carbonyl (C=O) groups is 1. The highest BCUT2D eigenvalue weighted by Crippen LogP contribution is 2.46. The van der Waals surface area contributed by atoms with Crippen molar-refractivity contribution < 1.29 is 18.3 Å². The number of piperidine rings is 1. The number of rotatable bonds is 6. The van der Waals surface area contributed by atoms with E-state index >= 15 is 0 Å². The number of hydrogen-bond acceptors (Lipinski definition) is 3. The van der Waals surface area contributed by atoms with Gasteiger partial charge < -0.3 is 5.11 Å². The molecule has 1 heterocycles. The fourth-order valence-corrected chi connectivity index (χ4v) is 5.82. The first-order valence-electron chi connectivity index (χ1n) is 11.5. The van der Waals surface area contributed by atoms with Crippen LogP contribution < -0.4 is 0 Å². The molecule has 3 aromatic rings. The molecule has 174 valence electrons. The van der Waals surface area contributed by atoms with Gasteiger partial charge in [0.15, 0.2) is 0 Å². The van der Waals surface area contributed by atoms with Crippen LogP contribution in [0.4, 0.5) is 0 Å². The molecule has 3 aromatic carbocycles. The second kappa shape index (κ2) is 9.66. The molecule has 1 atom stereocenters. The lowest BCUT2D eigenvalue weighted by Crippen LogP contribution is -2.42. The summed E-state index contributed by atoms with van der Waals surface area (Å²) in [7, 11) is 0. The molecule has 1 fully saturated rings. The van der Waals surface area contributed by atoms with E-state index in [9.17, 15) is 14.1 Å². The Balaban J connectivity index is 1.34. The van der Waals surface area contributed by atoms with Crippen LogP contribution in [0.5, 0.6) is 0 Å². The van der Waals surface area contributed by atoms with Crippen molar-refractivity contribution in [2.45, 2.75) is 25.9 Å². The van der Waals surface area contributed by atoms with Crippen LogP contribution in [-0.2, 0) is 28.5 Å². The van der Waals surface area contributed by atoms with Crippen LogP contribution in [-0.4, -0.2) is 32.7 Å². The number of aromatic carboxylic acids is 1. The van der Waals surface area contributed by atoms with Crippen molar-refractivity contribution in [1.82, 2.24) is 4.31 Å². The van der Waals surface area contributed by atoms with Gasteiger partial charge in [-0.2, -0.15) is 0 Å². The van der Waals surface area contributed by atoms with Gasteiger partial charge in [0.1, 0.15) is 0 Å². The van der Waals surface area contributed by atoms with Gasteiger partial charge in [-0.1, -0.05) is 72.8 Å². The summed E-state index contributed by atoms with van der Waals surface area (Å²) in [6.07, 6.45) is 5.10. The molecule has 1 aliphatic heterocycles. The van der Waals surface area contributed by atoms with Crippen molar-refractivity contribution >= 4 is 22.8 Å². The number of benzene rings is 3. The second-order valence-electron chi connectivity index (χ2n) is 9.03. The van der Waals surface area contributed by atoms with E-state index in [1.54, 1.807) is 12.1 Å². The van der Waals surface area contributed by atoms with E-state index in [4.69, 9.17) is 4.18 Å². The van der Waals surface area contributed by atoms with Crippen LogP contribution in [0.3, 0.4) is 0 Å². The van der Waals surface area contributed by atoms with E-state index in [-0.39, 0.29) is 11.0 Å². The number of nitrogens with zero attached hydrogens (tertiary/aromatic N) is 1. The Labute approximate surface area is 202 Å². The number of carboxylic acid groups (broad SMARTS) is 1. The number of carboxylic acids is 1. The van der Waals surface area contributed by atoms with Gasteiger partial charge in [0.2, 0.25) is 11.3 Å². The van der Waals surface area contributed by atoms with Crippen LogP contribution >= 0.6 is 0 Å². The Morgan fingerprint density at radius 1 is 0.941 bits per heavy atom. The first-order valence-corrected chi connectivity index (χ1v) is 12.6. The maximum atomic E-state index is 12.8. The van der Waals surface area contributed by atoms with Crippen molar-refractivity contribution in [3.05, 3.63) is 113 Å². The van der Waals surface area contributed by atoms with Crippen LogP contribution in [0.15, 0.2) is 84.9 Å². The summed E-state index contributed by atoms with van der Waals surface area (Å²) in [5.74, 6) is -0.920. The molecule has 5 nitrogen and oxygen atoms in total. The first-order chi connectivity index (χ1) is 16.5. The number of hydrogen-bond donors (Lipinski definition) is 1. The SMILES string of the molecule is O=C(O)c1ccc(C2=CC3(CCN(S(=O)OCc4ccccc4)CC3)Cc3ccccc32)cc1. The van der Waals surface area contributed by atoms with Crippen LogP contribution in [0.2, 0.25) is 0 Å². The molecule has 1 N–H and O–H groups in total. The summed E-state index contributed by atoms with van der Waals surface area (Å²) in [6.45, 7) is 1.73. The van der Waals surface area contributed by atoms with Crippen molar-refractivity contribution in [3.63, 3.8) is 0 Å². The van der Waals surface area contributed by atoms with Crippen molar-refractivity contribution in [1.29, 1.82) is 0 Å². The van der Waals surface area contributed by atoms with E-state index in [1.807, 2.05) is 52.8 Å². The standard InChI is InChI=1S/C28H27NO4S/c30-27(31)23-12-10-22(11-13-23)26-19-28(18-24-8-4-5-9-25(24)26)14-16-29(17-15-28)34(32)33-20-21-6-2-1-3-7-21/h1-13,19H,14-18,20H2,(H,30,31). The highest BCUT2D eigenvalue weighted by atomic mass is 32.2. The lowest BCUT2D eigenvalue weighted by atomic mass is 9.67. The summed E-state index contributed by atoms with van der Waals surface area (Å²) < 4.78 is 20.3. The average Bonchev–Trinajstić information content (AvgIpc) is 2.88. The van der Waals surface area contributed by atoms with Gasteiger partial charge in [0.25, 0.3) is 0 Å². The quantitative estimate of drug-likeness (QED) is 0.531.